The van der Waals surface area contributed by atoms with Gasteiger partial charge in [0.05, 0.1) is 20.9 Å². The number of likely N-dealkylation sites (N-methyl/N-ethyl adjacent to an activating group) is 1. The Morgan fingerprint density at radius 3 is 2.41 bits per heavy atom. The lowest BCUT2D eigenvalue weighted by atomic mass is 10.2. The summed E-state index contributed by atoms with van der Waals surface area (Å²) in [7, 11) is 0.461. The highest BCUT2D eigenvalue weighted by Crippen LogP contribution is 2.33. The second-order valence-corrected chi connectivity index (χ2v) is 11.6. The van der Waals surface area contributed by atoms with E-state index in [-0.39, 0.29) is 24.5 Å². The third-order valence-corrected chi connectivity index (χ3v) is 8.49. The van der Waals surface area contributed by atoms with E-state index >= 15 is 0 Å². The van der Waals surface area contributed by atoms with E-state index in [2.05, 4.69) is 4.98 Å². The fraction of sp³-hybridized carbons (Fsp3) is 0.391. The number of anilines is 1. The van der Waals surface area contributed by atoms with Gasteiger partial charge in [-0.25, -0.2) is 13.4 Å². The second kappa shape index (κ2) is 10.3. The van der Waals surface area contributed by atoms with Crippen LogP contribution in [0.4, 0.5) is 5.13 Å². The molecule has 9 heteroatoms. The largest absolute Gasteiger partial charge is 0.308 e. The molecule has 32 heavy (non-hydrogen) atoms. The first kappa shape index (κ1) is 24.6. The van der Waals surface area contributed by atoms with Crippen molar-refractivity contribution in [2.45, 2.75) is 31.6 Å². The summed E-state index contributed by atoms with van der Waals surface area (Å²) in [5.41, 5.74) is 2.68. The topological polar surface area (TPSA) is 70.6 Å². The molecule has 1 amide bonds. The van der Waals surface area contributed by atoms with Crippen LogP contribution in [0.1, 0.15) is 24.0 Å². The molecule has 0 aliphatic rings. The molecule has 2 aromatic carbocycles. The molecule has 1 aromatic heterocycles. The molecule has 0 aliphatic heterocycles. The summed E-state index contributed by atoms with van der Waals surface area (Å²) >= 11 is 7.68. The summed E-state index contributed by atoms with van der Waals surface area (Å²) in [6, 6.07) is 10.5. The summed E-state index contributed by atoms with van der Waals surface area (Å²) < 4.78 is 26.2. The monoisotopic (exact) mass is 493 g/mol. The Balaban J connectivity index is 1.75. The maximum absolute atomic E-state index is 13.1. The van der Waals surface area contributed by atoms with E-state index < -0.39 is 9.84 Å². The van der Waals surface area contributed by atoms with Crippen LogP contribution in [0.2, 0.25) is 5.02 Å². The molecule has 0 saturated carbocycles. The number of thiazole rings is 1. The van der Waals surface area contributed by atoms with Crippen molar-refractivity contribution in [1.82, 2.24) is 9.88 Å². The van der Waals surface area contributed by atoms with Crippen molar-refractivity contribution in [3.05, 3.63) is 52.5 Å². The average molecular weight is 494 g/mol. The molecule has 0 unspecified atom stereocenters. The first-order chi connectivity index (χ1) is 15.1. The summed E-state index contributed by atoms with van der Waals surface area (Å²) in [4.78, 5) is 21.7. The number of rotatable bonds is 9. The van der Waals surface area contributed by atoms with Crippen molar-refractivity contribution in [2.75, 3.05) is 37.8 Å². The van der Waals surface area contributed by atoms with Crippen LogP contribution in [0.15, 0.2) is 41.3 Å². The number of benzene rings is 2. The predicted octanol–water partition coefficient (Wildman–Crippen LogP) is 4.72. The molecule has 0 saturated heterocycles. The minimum atomic E-state index is -3.43. The zero-order valence-corrected chi connectivity index (χ0v) is 21.1. The van der Waals surface area contributed by atoms with Crippen LogP contribution >= 0.6 is 22.9 Å². The quantitative estimate of drug-likeness (QED) is 0.431. The van der Waals surface area contributed by atoms with Gasteiger partial charge in [0.25, 0.3) is 0 Å². The zero-order valence-electron chi connectivity index (χ0n) is 18.8. The van der Waals surface area contributed by atoms with Crippen LogP contribution in [-0.2, 0) is 14.6 Å². The highest BCUT2D eigenvalue weighted by Gasteiger charge is 2.22. The van der Waals surface area contributed by atoms with Gasteiger partial charge in [-0.1, -0.05) is 40.6 Å². The molecule has 0 aliphatic carbocycles. The first-order valence-corrected chi connectivity index (χ1v) is 13.2. The van der Waals surface area contributed by atoms with Crippen molar-refractivity contribution < 1.29 is 13.2 Å². The van der Waals surface area contributed by atoms with E-state index in [4.69, 9.17) is 11.6 Å². The Morgan fingerprint density at radius 2 is 1.75 bits per heavy atom. The van der Waals surface area contributed by atoms with Crippen LogP contribution in [0, 0.1) is 13.8 Å². The van der Waals surface area contributed by atoms with Gasteiger partial charge in [-0.05, 0) is 64.2 Å². The number of aryl methyl sites for hydroxylation is 2. The fourth-order valence-corrected chi connectivity index (χ4v) is 5.77. The Kier molecular flexibility index (Phi) is 7.92. The SMILES string of the molecule is Cc1ccc(S(=O)(=O)CCCC(=O)N(CCN(C)C)c2nc3c(C)c(Cl)ccc3s2)cc1. The van der Waals surface area contributed by atoms with E-state index in [0.717, 1.165) is 21.3 Å². The number of hydrogen-bond donors (Lipinski definition) is 0. The number of carbonyl (C=O) groups is 1. The van der Waals surface area contributed by atoms with Crippen molar-refractivity contribution >= 4 is 54.0 Å². The molecule has 0 radical (unpaired) electrons. The summed E-state index contributed by atoms with van der Waals surface area (Å²) in [6.07, 6.45) is 0.386. The molecule has 0 fully saturated rings. The van der Waals surface area contributed by atoms with E-state index in [1.807, 2.05) is 45.0 Å². The Bertz CT molecular complexity index is 1210. The number of sulfone groups is 1. The van der Waals surface area contributed by atoms with E-state index in [1.165, 1.54) is 11.3 Å². The smallest absolute Gasteiger partial charge is 0.228 e. The van der Waals surface area contributed by atoms with E-state index in [9.17, 15) is 13.2 Å². The molecular weight excluding hydrogens is 466 g/mol. The normalized spacial score (nSPS) is 11.9. The first-order valence-electron chi connectivity index (χ1n) is 10.4. The van der Waals surface area contributed by atoms with Gasteiger partial charge in [0.2, 0.25) is 5.91 Å². The molecule has 3 rings (SSSR count). The number of halogens is 1. The zero-order chi connectivity index (χ0) is 23.5. The fourth-order valence-electron chi connectivity index (χ4n) is 3.24. The molecule has 0 N–H and O–H groups in total. The molecule has 3 aromatic rings. The van der Waals surface area contributed by atoms with Crippen LogP contribution < -0.4 is 4.90 Å². The Hall–Kier alpha value is -2.00. The molecule has 0 atom stereocenters. The third-order valence-electron chi connectivity index (χ3n) is 5.22. The average Bonchev–Trinajstić information content (AvgIpc) is 3.15. The van der Waals surface area contributed by atoms with E-state index in [1.54, 1.807) is 29.2 Å². The highest BCUT2D eigenvalue weighted by molar-refractivity contribution is 7.91. The maximum Gasteiger partial charge on any atom is 0.228 e. The number of carbonyl (C=O) groups excluding carboxylic acids is 1. The molecule has 172 valence electrons. The van der Waals surface area contributed by atoms with Crippen LogP contribution in [0.3, 0.4) is 0 Å². The van der Waals surface area contributed by atoms with Crippen molar-refractivity contribution in [3.8, 4) is 0 Å². The molecule has 0 bridgehead atoms. The lowest BCUT2D eigenvalue weighted by molar-refractivity contribution is -0.118. The summed E-state index contributed by atoms with van der Waals surface area (Å²) in [5, 5.41) is 1.25. The van der Waals surface area contributed by atoms with Crippen LogP contribution in [-0.4, -0.2) is 57.1 Å². The Labute approximate surface area is 198 Å². The van der Waals surface area contributed by atoms with Gasteiger partial charge >= 0.3 is 0 Å². The highest BCUT2D eigenvalue weighted by atomic mass is 35.5. The molecular formula is C23H28ClN3O3S2. The van der Waals surface area contributed by atoms with Crippen molar-refractivity contribution in [2.24, 2.45) is 0 Å². The van der Waals surface area contributed by atoms with Gasteiger partial charge in [0.1, 0.15) is 0 Å². The molecule has 1 heterocycles. The third kappa shape index (κ3) is 5.86. The van der Waals surface area contributed by atoms with Gasteiger partial charge in [-0.2, -0.15) is 0 Å². The number of fused-ring (bicyclic) bond motifs is 1. The van der Waals surface area contributed by atoms with Gasteiger partial charge in [0, 0.05) is 24.5 Å². The van der Waals surface area contributed by atoms with Gasteiger partial charge in [-0.3, -0.25) is 9.69 Å². The minimum Gasteiger partial charge on any atom is -0.308 e. The number of amides is 1. The summed E-state index contributed by atoms with van der Waals surface area (Å²) in [6.45, 7) is 4.97. The summed E-state index contributed by atoms with van der Waals surface area (Å²) in [5.74, 6) is -0.202. The maximum atomic E-state index is 13.1. The lowest BCUT2D eigenvalue weighted by Crippen LogP contribution is -2.36. The van der Waals surface area contributed by atoms with Gasteiger partial charge < -0.3 is 4.90 Å². The number of hydrogen-bond acceptors (Lipinski definition) is 6. The standard InChI is InChI=1S/C23H28ClN3O3S2/c1-16-7-9-18(10-8-16)32(29,30)15-5-6-21(28)27(14-13-26(3)4)23-25-22-17(2)19(24)11-12-20(22)31-23/h7-12H,5-6,13-15H2,1-4H3. The predicted molar refractivity (Wildman–Crippen MR) is 133 cm³/mol. The number of nitrogens with zero attached hydrogens (tertiary/aromatic N) is 3. The number of aromatic nitrogens is 1. The Morgan fingerprint density at radius 1 is 1.06 bits per heavy atom. The molecule has 6 nitrogen and oxygen atoms in total. The van der Waals surface area contributed by atoms with Gasteiger partial charge in [0.15, 0.2) is 15.0 Å². The van der Waals surface area contributed by atoms with Gasteiger partial charge in [-0.15, -0.1) is 0 Å². The second-order valence-electron chi connectivity index (χ2n) is 8.10. The minimum absolute atomic E-state index is 0.0715. The van der Waals surface area contributed by atoms with Crippen LogP contribution in [0.25, 0.3) is 10.2 Å². The van der Waals surface area contributed by atoms with Crippen LogP contribution in [0.5, 0.6) is 0 Å². The lowest BCUT2D eigenvalue weighted by Gasteiger charge is -2.22. The molecule has 0 spiro atoms. The van der Waals surface area contributed by atoms with Crippen molar-refractivity contribution in [3.63, 3.8) is 0 Å². The van der Waals surface area contributed by atoms with E-state index in [0.29, 0.717) is 28.1 Å². The van der Waals surface area contributed by atoms with Crippen molar-refractivity contribution in [1.29, 1.82) is 0 Å².